The third-order valence-corrected chi connectivity index (χ3v) is 3.75. The van der Waals surface area contributed by atoms with Crippen LogP contribution in [0.2, 0.25) is 0 Å². The van der Waals surface area contributed by atoms with Gasteiger partial charge in [0.05, 0.1) is 16.6 Å². The Bertz CT molecular complexity index is 641. The minimum atomic E-state index is -0.910. The van der Waals surface area contributed by atoms with Gasteiger partial charge in [-0.1, -0.05) is 20.3 Å². The first-order chi connectivity index (χ1) is 9.40. The summed E-state index contributed by atoms with van der Waals surface area (Å²) < 4.78 is 2.26. The maximum absolute atomic E-state index is 11.1. The molecule has 108 valence electrons. The minimum Gasteiger partial charge on any atom is -0.478 e. The monoisotopic (exact) mass is 274 g/mol. The van der Waals surface area contributed by atoms with E-state index in [9.17, 15) is 4.79 Å². The van der Waals surface area contributed by atoms with Crippen molar-refractivity contribution in [3.8, 4) is 0 Å². The van der Waals surface area contributed by atoms with E-state index >= 15 is 0 Å². The minimum absolute atomic E-state index is 0.0143. The Morgan fingerprint density at radius 2 is 2.05 bits per heavy atom. The van der Waals surface area contributed by atoms with Crippen molar-refractivity contribution in [2.45, 2.75) is 52.5 Å². The van der Waals surface area contributed by atoms with E-state index in [4.69, 9.17) is 5.11 Å². The molecule has 0 aliphatic carbocycles. The molecule has 0 spiro atoms. The Morgan fingerprint density at radius 3 is 2.60 bits per heavy atom. The Labute approximate surface area is 119 Å². The summed E-state index contributed by atoms with van der Waals surface area (Å²) in [4.78, 5) is 15.7. The van der Waals surface area contributed by atoms with Crippen LogP contribution in [0.5, 0.6) is 0 Å². The van der Waals surface area contributed by atoms with Crippen LogP contribution in [0, 0.1) is 0 Å². The van der Waals surface area contributed by atoms with Crippen molar-refractivity contribution in [1.29, 1.82) is 0 Å². The number of aromatic carboxylic acids is 1. The molecule has 0 bridgehead atoms. The molecule has 0 fully saturated rings. The van der Waals surface area contributed by atoms with Crippen LogP contribution < -0.4 is 0 Å². The smallest absolute Gasteiger partial charge is 0.335 e. The molecule has 0 atom stereocenters. The molecule has 1 aromatic heterocycles. The van der Waals surface area contributed by atoms with Crippen molar-refractivity contribution in [1.82, 2.24) is 9.55 Å². The van der Waals surface area contributed by atoms with Gasteiger partial charge in [-0.05, 0) is 38.5 Å². The molecule has 1 N–H and O–H groups in total. The maximum atomic E-state index is 11.1. The first-order valence-corrected chi connectivity index (χ1v) is 7.16. The SMILES string of the molecule is CCCC(C)(C)n1c(CC)nc2cc(C(=O)O)ccc21. The lowest BCUT2D eigenvalue weighted by Gasteiger charge is -2.29. The first kappa shape index (κ1) is 14.6. The Kier molecular flexibility index (Phi) is 3.84. The zero-order valence-corrected chi connectivity index (χ0v) is 12.6. The van der Waals surface area contributed by atoms with Gasteiger partial charge in [-0.2, -0.15) is 0 Å². The summed E-state index contributed by atoms with van der Waals surface area (Å²) in [6.45, 7) is 8.68. The lowest BCUT2D eigenvalue weighted by Crippen LogP contribution is -2.27. The Morgan fingerprint density at radius 1 is 1.35 bits per heavy atom. The van der Waals surface area contributed by atoms with Crippen LogP contribution in [0.1, 0.15) is 56.7 Å². The lowest BCUT2D eigenvalue weighted by atomic mass is 9.97. The average Bonchev–Trinajstić information content (AvgIpc) is 2.76. The molecule has 0 unspecified atom stereocenters. The van der Waals surface area contributed by atoms with Gasteiger partial charge in [0.2, 0.25) is 0 Å². The lowest BCUT2D eigenvalue weighted by molar-refractivity contribution is 0.0697. The molecule has 2 rings (SSSR count). The number of aromatic nitrogens is 2. The number of carboxylic acids is 1. The summed E-state index contributed by atoms with van der Waals surface area (Å²) in [6, 6.07) is 5.20. The van der Waals surface area contributed by atoms with Crippen LogP contribution in [0.25, 0.3) is 11.0 Å². The molecule has 0 aliphatic rings. The summed E-state index contributed by atoms with van der Waals surface area (Å²) in [7, 11) is 0. The summed E-state index contributed by atoms with van der Waals surface area (Å²) in [5.41, 5.74) is 2.06. The third-order valence-electron chi connectivity index (χ3n) is 3.75. The first-order valence-electron chi connectivity index (χ1n) is 7.16. The fourth-order valence-corrected chi connectivity index (χ4v) is 2.90. The van der Waals surface area contributed by atoms with E-state index in [1.807, 2.05) is 6.07 Å². The Hall–Kier alpha value is -1.84. The number of fused-ring (bicyclic) bond motifs is 1. The van der Waals surface area contributed by atoms with Gasteiger partial charge in [0, 0.05) is 12.0 Å². The molecule has 1 heterocycles. The van der Waals surface area contributed by atoms with Crippen molar-refractivity contribution >= 4 is 17.0 Å². The molecule has 0 amide bonds. The summed E-state index contributed by atoms with van der Waals surface area (Å²) in [5.74, 6) is 0.105. The van der Waals surface area contributed by atoms with Crippen LogP contribution >= 0.6 is 0 Å². The van der Waals surface area contributed by atoms with E-state index in [0.717, 1.165) is 36.1 Å². The summed E-state index contributed by atoms with van der Waals surface area (Å²) in [5, 5.41) is 9.09. The van der Waals surface area contributed by atoms with E-state index in [-0.39, 0.29) is 11.1 Å². The molecule has 1 aromatic carbocycles. The molecule has 0 saturated heterocycles. The quantitative estimate of drug-likeness (QED) is 0.901. The number of nitrogens with zero attached hydrogens (tertiary/aromatic N) is 2. The van der Waals surface area contributed by atoms with Crippen molar-refractivity contribution in [3.05, 3.63) is 29.6 Å². The standard InChI is InChI=1S/C16H22N2O2/c1-5-9-16(3,4)18-13-8-7-11(15(19)20)10-12(13)17-14(18)6-2/h7-8,10H,5-6,9H2,1-4H3,(H,19,20). The van der Waals surface area contributed by atoms with Gasteiger partial charge in [0.1, 0.15) is 5.82 Å². The molecule has 0 saturated carbocycles. The molecule has 20 heavy (non-hydrogen) atoms. The number of carbonyl (C=O) groups is 1. The zero-order valence-electron chi connectivity index (χ0n) is 12.6. The van der Waals surface area contributed by atoms with Gasteiger partial charge in [-0.25, -0.2) is 9.78 Å². The van der Waals surface area contributed by atoms with Crippen molar-refractivity contribution in [2.75, 3.05) is 0 Å². The normalized spacial score (nSPS) is 12.0. The average molecular weight is 274 g/mol. The second-order valence-electron chi connectivity index (χ2n) is 5.79. The van der Waals surface area contributed by atoms with Crippen LogP contribution in [0.15, 0.2) is 18.2 Å². The van der Waals surface area contributed by atoms with Gasteiger partial charge in [0.25, 0.3) is 0 Å². The van der Waals surface area contributed by atoms with Crippen molar-refractivity contribution in [2.24, 2.45) is 0 Å². The van der Waals surface area contributed by atoms with Crippen molar-refractivity contribution < 1.29 is 9.90 Å². The van der Waals surface area contributed by atoms with Crippen LogP contribution in [-0.2, 0) is 12.0 Å². The number of rotatable bonds is 5. The summed E-state index contributed by atoms with van der Waals surface area (Å²) in [6.07, 6.45) is 3.00. The largest absolute Gasteiger partial charge is 0.478 e. The highest BCUT2D eigenvalue weighted by atomic mass is 16.4. The summed E-state index contributed by atoms with van der Waals surface area (Å²) >= 11 is 0. The molecule has 4 heteroatoms. The molecule has 0 radical (unpaired) electrons. The molecular formula is C16H22N2O2. The third kappa shape index (κ3) is 2.42. The van der Waals surface area contributed by atoms with E-state index in [0.29, 0.717) is 0 Å². The predicted octanol–water partition coefficient (Wildman–Crippen LogP) is 3.83. The van der Waals surface area contributed by atoms with Gasteiger partial charge < -0.3 is 9.67 Å². The van der Waals surface area contributed by atoms with Crippen molar-refractivity contribution in [3.63, 3.8) is 0 Å². The zero-order chi connectivity index (χ0) is 14.9. The highest BCUT2D eigenvalue weighted by Gasteiger charge is 2.24. The second kappa shape index (κ2) is 5.27. The number of carboxylic acid groups (broad SMARTS) is 1. The van der Waals surface area contributed by atoms with E-state index < -0.39 is 5.97 Å². The van der Waals surface area contributed by atoms with Gasteiger partial charge in [0.15, 0.2) is 0 Å². The second-order valence-corrected chi connectivity index (χ2v) is 5.79. The number of aryl methyl sites for hydroxylation is 1. The predicted molar refractivity (Wildman–Crippen MR) is 80.3 cm³/mol. The van der Waals surface area contributed by atoms with Crippen LogP contribution in [-0.4, -0.2) is 20.6 Å². The van der Waals surface area contributed by atoms with E-state index in [1.165, 1.54) is 0 Å². The van der Waals surface area contributed by atoms with Gasteiger partial charge in [-0.15, -0.1) is 0 Å². The van der Waals surface area contributed by atoms with Crippen LogP contribution in [0.3, 0.4) is 0 Å². The maximum Gasteiger partial charge on any atom is 0.335 e. The van der Waals surface area contributed by atoms with Gasteiger partial charge >= 0.3 is 5.97 Å². The number of imidazole rings is 1. The fraction of sp³-hybridized carbons (Fsp3) is 0.500. The Balaban J connectivity index is 2.67. The van der Waals surface area contributed by atoms with E-state index in [2.05, 4.69) is 37.2 Å². The number of benzene rings is 1. The molecular weight excluding hydrogens is 252 g/mol. The topological polar surface area (TPSA) is 55.1 Å². The number of hydrogen-bond acceptors (Lipinski definition) is 2. The molecule has 4 nitrogen and oxygen atoms in total. The number of hydrogen-bond donors (Lipinski definition) is 1. The highest BCUT2D eigenvalue weighted by molar-refractivity contribution is 5.92. The molecule has 0 aliphatic heterocycles. The molecule has 2 aromatic rings. The van der Waals surface area contributed by atoms with E-state index in [1.54, 1.807) is 12.1 Å². The fourth-order valence-electron chi connectivity index (χ4n) is 2.90. The highest BCUT2D eigenvalue weighted by Crippen LogP contribution is 2.29. The van der Waals surface area contributed by atoms with Gasteiger partial charge in [-0.3, -0.25) is 0 Å². The van der Waals surface area contributed by atoms with Crippen LogP contribution in [0.4, 0.5) is 0 Å².